The smallest absolute Gasteiger partial charge is 0.374 e. The Kier molecular flexibility index (Phi) is 9.30. The zero-order valence-electron chi connectivity index (χ0n) is 25.4. The molecular weight excluding hydrogens is 578 g/mol. The highest BCUT2D eigenvalue weighted by Crippen LogP contribution is 2.36. The van der Waals surface area contributed by atoms with E-state index in [1.165, 1.54) is 12.8 Å². The van der Waals surface area contributed by atoms with Crippen LogP contribution in [0, 0.1) is 12.8 Å². The molecule has 0 radical (unpaired) electrons. The summed E-state index contributed by atoms with van der Waals surface area (Å²) in [5, 5.41) is 13.9. The molecule has 1 saturated carbocycles. The van der Waals surface area contributed by atoms with Gasteiger partial charge in [-0.2, -0.15) is 0 Å². The van der Waals surface area contributed by atoms with Crippen LogP contribution in [0.4, 0.5) is 5.82 Å². The summed E-state index contributed by atoms with van der Waals surface area (Å²) < 4.78 is 8.48. The molecule has 2 aliphatic rings. The van der Waals surface area contributed by atoms with E-state index >= 15 is 0 Å². The van der Waals surface area contributed by atoms with Gasteiger partial charge in [-0.1, -0.05) is 48.2 Å². The number of benzene rings is 2. The number of aromatic nitrogens is 4. The van der Waals surface area contributed by atoms with Crippen LogP contribution in [0.2, 0.25) is 5.02 Å². The predicted molar refractivity (Wildman–Crippen MR) is 173 cm³/mol. The van der Waals surface area contributed by atoms with Crippen LogP contribution in [0.15, 0.2) is 42.5 Å². The fraction of sp³-hybridized carbons (Fsp3) is 0.455. The molecule has 10 nitrogen and oxygen atoms in total. The van der Waals surface area contributed by atoms with Gasteiger partial charge in [0.05, 0.1) is 12.2 Å². The van der Waals surface area contributed by atoms with Gasteiger partial charge in [-0.3, -0.25) is 0 Å². The second kappa shape index (κ2) is 13.5. The van der Waals surface area contributed by atoms with Crippen LogP contribution in [0.25, 0.3) is 22.6 Å². The molecule has 0 spiro atoms. The van der Waals surface area contributed by atoms with Crippen molar-refractivity contribution in [1.82, 2.24) is 29.3 Å². The van der Waals surface area contributed by atoms with E-state index in [1.54, 1.807) is 0 Å². The van der Waals surface area contributed by atoms with Crippen molar-refractivity contribution >= 4 is 34.6 Å². The number of fused-ring (bicyclic) bond motifs is 1. The van der Waals surface area contributed by atoms with Crippen molar-refractivity contribution in [3.05, 3.63) is 64.4 Å². The van der Waals surface area contributed by atoms with Gasteiger partial charge in [0.2, 0.25) is 5.82 Å². The number of nitrogens with zero attached hydrogens (tertiary/aromatic N) is 6. The van der Waals surface area contributed by atoms with Crippen LogP contribution in [0.1, 0.15) is 47.4 Å². The number of carboxylic acid groups (broad SMARTS) is 1. The number of ether oxygens (including phenoxy) is 1. The second-order valence-corrected chi connectivity index (χ2v) is 12.5. The highest BCUT2D eigenvalue weighted by Gasteiger charge is 2.25. The van der Waals surface area contributed by atoms with Crippen molar-refractivity contribution in [2.75, 3.05) is 58.2 Å². The molecular formula is C33H40ClN7O3. The molecule has 1 aliphatic carbocycles. The van der Waals surface area contributed by atoms with Gasteiger partial charge in [-0.25, -0.2) is 19.7 Å². The van der Waals surface area contributed by atoms with Crippen molar-refractivity contribution in [1.29, 1.82) is 0 Å². The molecule has 6 rings (SSSR count). The topological polar surface area (TPSA) is 109 Å². The summed E-state index contributed by atoms with van der Waals surface area (Å²) in [7, 11) is 2.17. The standard InChI is InChI=1S/C33H40ClN7O3/c1-22-4-11-27(44-19-3-14-40-17-15-39(2)16-18-40)26(20-22)32-38-30-28(41(32)21-24-7-9-25(34)10-8-24)29(35-13-12-23-5-6-23)36-31(37-30)33(42)43/h4,7-11,20,23H,3,5-6,12-19,21H2,1-2H3,(H,42,43)(H,35,36,37). The Morgan fingerprint density at radius 3 is 2.57 bits per heavy atom. The monoisotopic (exact) mass is 617 g/mol. The summed E-state index contributed by atoms with van der Waals surface area (Å²) in [4.78, 5) is 30.7. The van der Waals surface area contributed by atoms with Gasteiger partial charge >= 0.3 is 5.97 Å². The number of halogens is 1. The third kappa shape index (κ3) is 7.31. The van der Waals surface area contributed by atoms with E-state index in [-0.39, 0.29) is 5.82 Å². The molecule has 4 aromatic rings. The fourth-order valence-electron chi connectivity index (χ4n) is 5.67. The normalized spacial score (nSPS) is 16.0. The number of carbonyl (C=O) groups is 1. The van der Waals surface area contributed by atoms with Crippen molar-refractivity contribution in [3.63, 3.8) is 0 Å². The maximum Gasteiger partial charge on any atom is 0.374 e. The molecule has 44 heavy (non-hydrogen) atoms. The van der Waals surface area contributed by atoms with E-state index in [2.05, 4.69) is 42.8 Å². The number of aryl methyl sites for hydroxylation is 1. The lowest BCUT2D eigenvalue weighted by Crippen LogP contribution is -2.44. The minimum atomic E-state index is -1.19. The van der Waals surface area contributed by atoms with E-state index in [4.69, 9.17) is 21.3 Å². The lowest BCUT2D eigenvalue weighted by molar-refractivity contribution is 0.0684. The third-order valence-electron chi connectivity index (χ3n) is 8.44. The Morgan fingerprint density at radius 2 is 1.84 bits per heavy atom. The molecule has 1 aliphatic heterocycles. The van der Waals surface area contributed by atoms with Crippen LogP contribution >= 0.6 is 11.6 Å². The second-order valence-electron chi connectivity index (χ2n) is 12.0. The van der Waals surface area contributed by atoms with Crippen molar-refractivity contribution in [2.45, 2.75) is 39.2 Å². The van der Waals surface area contributed by atoms with Crippen molar-refractivity contribution in [3.8, 4) is 17.1 Å². The first-order chi connectivity index (χ1) is 21.3. The maximum atomic E-state index is 12.0. The van der Waals surface area contributed by atoms with Gasteiger partial charge in [-0.05, 0) is 62.6 Å². The van der Waals surface area contributed by atoms with Gasteiger partial charge in [0.25, 0.3) is 0 Å². The Balaban J connectivity index is 1.36. The number of hydrogen-bond donors (Lipinski definition) is 2. The molecule has 0 amide bonds. The number of imidazole rings is 1. The third-order valence-corrected chi connectivity index (χ3v) is 8.69. The maximum absolute atomic E-state index is 12.0. The van der Waals surface area contributed by atoms with Crippen LogP contribution < -0.4 is 10.1 Å². The van der Waals surface area contributed by atoms with Crippen LogP contribution in [0.5, 0.6) is 5.75 Å². The van der Waals surface area contributed by atoms with Gasteiger partial charge in [-0.15, -0.1) is 0 Å². The Labute approximate surface area is 263 Å². The van der Waals surface area contributed by atoms with Gasteiger partial charge in [0.1, 0.15) is 17.1 Å². The molecule has 2 aromatic heterocycles. The van der Waals surface area contributed by atoms with E-state index in [0.717, 1.165) is 73.9 Å². The quantitative estimate of drug-likeness (QED) is 0.190. The molecule has 0 bridgehead atoms. The predicted octanol–water partition coefficient (Wildman–Crippen LogP) is 5.43. The van der Waals surface area contributed by atoms with Crippen LogP contribution in [0.3, 0.4) is 0 Å². The fourth-order valence-corrected chi connectivity index (χ4v) is 5.80. The largest absolute Gasteiger partial charge is 0.493 e. The van der Waals surface area contributed by atoms with Gasteiger partial charge in [0, 0.05) is 50.8 Å². The molecule has 2 N–H and O–H groups in total. The lowest BCUT2D eigenvalue weighted by atomic mass is 10.1. The first-order valence-corrected chi connectivity index (χ1v) is 15.9. The number of rotatable bonds is 13. The molecule has 1 saturated heterocycles. The minimum absolute atomic E-state index is 0.279. The Morgan fingerprint density at radius 1 is 1.07 bits per heavy atom. The van der Waals surface area contributed by atoms with Crippen molar-refractivity contribution < 1.29 is 14.6 Å². The highest BCUT2D eigenvalue weighted by atomic mass is 35.5. The summed E-state index contributed by atoms with van der Waals surface area (Å²) in [5.41, 5.74) is 3.91. The summed E-state index contributed by atoms with van der Waals surface area (Å²) in [5.74, 6) is 1.11. The molecule has 2 aromatic carbocycles. The number of nitrogens with one attached hydrogen (secondary N) is 1. The number of likely N-dealkylation sites (N-methyl/N-ethyl adjacent to an activating group) is 1. The van der Waals surface area contributed by atoms with Gasteiger partial charge < -0.3 is 29.5 Å². The zero-order valence-corrected chi connectivity index (χ0v) is 26.2. The summed E-state index contributed by atoms with van der Waals surface area (Å²) in [6.45, 7) is 9.13. The first-order valence-electron chi connectivity index (χ1n) is 15.5. The SMILES string of the molecule is Cc1ccc(OCCCN2CCN(C)CC2)c(-c2nc3nc(C(=O)O)nc(NCCC4CC4)c3n2Cc2ccc(Cl)cc2)c1. The zero-order chi connectivity index (χ0) is 30.6. The average molecular weight is 618 g/mol. The van der Waals surface area contributed by atoms with E-state index in [9.17, 15) is 9.90 Å². The number of aromatic carboxylic acids is 1. The van der Waals surface area contributed by atoms with Crippen molar-refractivity contribution in [2.24, 2.45) is 5.92 Å². The highest BCUT2D eigenvalue weighted by molar-refractivity contribution is 6.30. The average Bonchev–Trinajstić information content (AvgIpc) is 3.77. The summed E-state index contributed by atoms with van der Waals surface area (Å²) >= 11 is 6.20. The Hall–Kier alpha value is -3.73. The summed E-state index contributed by atoms with van der Waals surface area (Å²) in [6.07, 6.45) is 4.41. The van der Waals surface area contributed by atoms with Crippen LogP contribution in [-0.4, -0.2) is 93.3 Å². The minimum Gasteiger partial charge on any atom is -0.493 e. The molecule has 0 unspecified atom stereocenters. The molecule has 2 fully saturated rings. The Bertz CT molecular complexity index is 1610. The van der Waals surface area contributed by atoms with E-state index in [0.29, 0.717) is 47.5 Å². The molecule has 3 heterocycles. The number of carboxylic acids is 1. The molecule has 232 valence electrons. The first kappa shape index (κ1) is 30.3. The number of anilines is 1. The number of piperazine rings is 1. The molecule has 0 atom stereocenters. The summed E-state index contributed by atoms with van der Waals surface area (Å²) in [6, 6.07) is 13.8. The molecule has 11 heteroatoms. The van der Waals surface area contributed by atoms with Crippen LogP contribution in [-0.2, 0) is 6.54 Å². The van der Waals surface area contributed by atoms with E-state index < -0.39 is 5.97 Å². The lowest BCUT2D eigenvalue weighted by Gasteiger charge is -2.32. The van der Waals surface area contributed by atoms with Gasteiger partial charge in [0.15, 0.2) is 11.5 Å². The van der Waals surface area contributed by atoms with E-state index in [1.807, 2.05) is 43.3 Å². The number of hydrogen-bond acceptors (Lipinski definition) is 8.